The maximum Gasteiger partial charge on any atom is 0.0410 e. The lowest BCUT2D eigenvalue weighted by atomic mass is 9.75. The van der Waals surface area contributed by atoms with Gasteiger partial charge in [-0.2, -0.15) is 0 Å². The molecule has 1 aliphatic heterocycles. The third kappa shape index (κ3) is 1.61. The first-order valence-electron chi connectivity index (χ1n) is 6.07. The van der Waals surface area contributed by atoms with Gasteiger partial charge in [0.1, 0.15) is 0 Å². The number of hydrogen-bond donors (Lipinski definition) is 2. The summed E-state index contributed by atoms with van der Waals surface area (Å²) in [6.07, 6.45) is 5.13. The van der Waals surface area contributed by atoms with E-state index in [-0.39, 0.29) is 6.04 Å². The molecule has 86 valence electrons. The molecule has 0 aromatic heterocycles. The maximum absolute atomic E-state index is 6.37. The summed E-state index contributed by atoms with van der Waals surface area (Å²) >= 11 is 6.03. The van der Waals surface area contributed by atoms with Gasteiger partial charge in [0.05, 0.1) is 0 Å². The van der Waals surface area contributed by atoms with Crippen LogP contribution in [0.1, 0.15) is 37.3 Å². The lowest BCUT2D eigenvalue weighted by Crippen LogP contribution is -2.43. The van der Waals surface area contributed by atoms with Gasteiger partial charge in [-0.05, 0) is 42.5 Å². The Labute approximate surface area is 101 Å². The molecule has 0 spiro atoms. The van der Waals surface area contributed by atoms with Crippen molar-refractivity contribution < 1.29 is 0 Å². The summed E-state index contributed by atoms with van der Waals surface area (Å²) in [7, 11) is 0. The Morgan fingerprint density at radius 1 is 1.25 bits per heavy atom. The van der Waals surface area contributed by atoms with Gasteiger partial charge < -0.3 is 11.1 Å². The normalized spacial score (nSPS) is 32.5. The summed E-state index contributed by atoms with van der Waals surface area (Å²) in [5, 5.41) is 4.40. The van der Waals surface area contributed by atoms with Crippen molar-refractivity contribution in [2.24, 2.45) is 11.7 Å². The predicted molar refractivity (Wildman–Crippen MR) is 67.7 cm³/mol. The van der Waals surface area contributed by atoms with Gasteiger partial charge in [0.2, 0.25) is 0 Å². The van der Waals surface area contributed by atoms with Crippen LogP contribution in [-0.2, 0) is 0 Å². The molecule has 1 aromatic carbocycles. The minimum absolute atomic E-state index is 0.153. The van der Waals surface area contributed by atoms with Gasteiger partial charge in [-0.1, -0.05) is 24.4 Å². The Morgan fingerprint density at radius 3 is 2.94 bits per heavy atom. The number of rotatable bonds is 0. The molecule has 3 unspecified atom stereocenters. The molecule has 1 aliphatic carbocycles. The Hall–Kier alpha value is -0.730. The number of hydrogen-bond acceptors (Lipinski definition) is 2. The van der Waals surface area contributed by atoms with Gasteiger partial charge >= 0.3 is 0 Å². The van der Waals surface area contributed by atoms with E-state index in [1.165, 1.54) is 36.9 Å². The molecule has 0 amide bonds. The third-order valence-electron chi connectivity index (χ3n) is 3.99. The standard InChI is InChI=1S/C13H17ClN2/c14-8-5-6-12-10(7-8)13(15)9-3-1-2-4-11(9)16-12/h5-7,9,11,13,16H,1-4,15H2. The van der Waals surface area contributed by atoms with Crippen LogP contribution in [0.5, 0.6) is 0 Å². The van der Waals surface area contributed by atoms with E-state index in [0.29, 0.717) is 12.0 Å². The summed E-state index contributed by atoms with van der Waals surface area (Å²) in [6.45, 7) is 0. The quantitative estimate of drug-likeness (QED) is 0.725. The first-order chi connectivity index (χ1) is 7.75. The van der Waals surface area contributed by atoms with E-state index in [1.807, 2.05) is 12.1 Å². The Balaban J connectivity index is 2.00. The topological polar surface area (TPSA) is 38.0 Å². The van der Waals surface area contributed by atoms with Crippen molar-refractivity contribution >= 4 is 17.3 Å². The highest BCUT2D eigenvalue weighted by molar-refractivity contribution is 6.30. The number of fused-ring (bicyclic) bond motifs is 2. The average molecular weight is 237 g/mol. The second kappa shape index (κ2) is 3.94. The first kappa shape index (κ1) is 10.4. The molecular formula is C13H17ClN2. The highest BCUT2D eigenvalue weighted by Gasteiger charge is 2.35. The molecule has 3 N–H and O–H groups in total. The van der Waals surface area contributed by atoms with Gasteiger partial charge in [0.25, 0.3) is 0 Å². The minimum atomic E-state index is 0.153. The molecular weight excluding hydrogens is 220 g/mol. The van der Waals surface area contributed by atoms with Crippen LogP contribution in [0.25, 0.3) is 0 Å². The van der Waals surface area contributed by atoms with Crippen molar-refractivity contribution in [2.45, 2.75) is 37.8 Å². The van der Waals surface area contributed by atoms with Crippen LogP contribution in [0.15, 0.2) is 18.2 Å². The average Bonchev–Trinajstić information content (AvgIpc) is 2.31. The predicted octanol–water partition coefficient (Wildman–Crippen LogP) is 3.32. The molecule has 2 nitrogen and oxygen atoms in total. The summed E-state index contributed by atoms with van der Waals surface area (Å²) in [4.78, 5) is 0. The molecule has 3 rings (SSSR count). The van der Waals surface area contributed by atoms with E-state index in [9.17, 15) is 0 Å². The fourth-order valence-electron chi connectivity index (χ4n) is 3.14. The maximum atomic E-state index is 6.37. The van der Waals surface area contributed by atoms with E-state index in [0.717, 1.165) is 5.02 Å². The van der Waals surface area contributed by atoms with Crippen LogP contribution in [0, 0.1) is 5.92 Å². The molecule has 3 atom stereocenters. The number of halogens is 1. The van der Waals surface area contributed by atoms with E-state index < -0.39 is 0 Å². The molecule has 1 saturated carbocycles. The summed E-state index contributed by atoms with van der Waals surface area (Å²) < 4.78 is 0. The molecule has 1 aromatic rings. The van der Waals surface area contributed by atoms with Crippen LogP contribution in [0.3, 0.4) is 0 Å². The molecule has 2 aliphatic rings. The molecule has 1 fully saturated rings. The molecule has 0 bridgehead atoms. The molecule has 1 heterocycles. The number of nitrogens with two attached hydrogens (primary N) is 1. The monoisotopic (exact) mass is 236 g/mol. The van der Waals surface area contributed by atoms with Gasteiger partial charge in [-0.25, -0.2) is 0 Å². The van der Waals surface area contributed by atoms with Gasteiger partial charge in [0, 0.05) is 22.8 Å². The Morgan fingerprint density at radius 2 is 2.06 bits per heavy atom. The second-order valence-corrected chi connectivity index (χ2v) is 5.39. The van der Waals surface area contributed by atoms with Gasteiger partial charge in [-0.15, -0.1) is 0 Å². The van der Waals surface area contributed by atoms with E-state index in [1.54, 1.807) is 0 Å². The van der Waals surface area contributed by atoms with Crippen molar-refractivity contribution in [3.8, 4) is 0 Å². The van der Waals surface area contributed by atoms with Crippen molar-refractivity contribution in [1.29, 1.82) is 0 Å². The molecule has 3 heteroatoms. The van der Waals surface area contributed by atoms with Crippen molar-refractivity contribution in [3.05, 3.63) is 28.8 Å². The van der Waals surface area contributed by atoms with Crippen LogP contribution < -0.4 is 11.1 Å². The lowest BCUT2D eigenvalue weighted by molar-refractivity contribution is 0.271. The SMILES string of the molecule is NC1c2cc(Cl)ccc2NC2CCCCC21. The van der Waals surface area contributed by atoms with Crippen molar-refractivity contribution in [1.82, 2.24) is 0 Å². The zero-order valence-corrected chi connectivity index (χ0v) is 10.0. The fraction of sp³-hybridized carbons (Fsp3) is 0.538. The Bertz CT molecular complexity index is 405. The van der Waals surface area contributed by atoms with E-state index >= 15 is 0 Å². The zero-order valence-electron chi connectivity index (χ0n) is 9.25. The highest BCUT2D eigenvalue weighted by Crippen LogP contribution is 2.42. The summed E-state index contributed by atoms with van der Waals surface area (Å²) in [6, 6.07) is 6.73. The van der Waals surface area contributed by atoms with Crippen LogP contribution >= 0.6 is 11.6 Å². The van der Waals surface area contributed by atoms with Gasteiger partial charge in [0.15, 0.2) is 0 Å². The summed E-state index contributed by atoms with van der Waals surface area (Å²) in [5.74, 6) is 0.583. The van der Waals surface area contributed by atoms with Gasteiger partial charge in [-0.3, -0.25) is 0 Å². The van der Waals surface area contributed by atoms with Crippen molar-refractivity contribution in [3.63, 3.8) is 0 Å². The number of nitrogens with one attached hydrogen (secondary N) is 1. The number of anilines is 1. The molecule has 16 heavy (non-hydrogen) atoms. The third-order valence-corrected chi connectivity index (χ3v) is 4.23. The molecule has 0 saturated heterocycles. The lowest BCUT2D eigenvalue weighted by Gasteiger charge is -2.42. The molecule has 0 radical (unpaired) electrons. The summed E-state index contributed by atoms with van der Waals surface area (Å²) in [5.41, 5.74) is 8.74. The van der Waals surface area contributed by atoms with Crippen molar-refractivity contribution in [2.75, 3.05) is 5.32 Å². The smallest absolute Gasteiger partial charge is 0.0410 e. The zero-order chi connectivity index (χ0) is 11.1. The van der Waals surface area contributed by atoms with Crippen LogP contribution in [0.2, 0.25) is 5.02 Å². The second-order valence-electron chi connectivity index (χ2n) is 4.96. The minimum Gasteiger partial charge on any atom is -0.382 e. The van der Waals surface area contributed by atoms with Crippen LogP contribution in [-0.4, -0.2) is 6.04 Å². The number of benzene rings is 1. The van der Waals surface area contributed by atoms with Crippen LogP contribution in [0.4, 0.5) is 5.69 Å². The Kier molecular flexibility index (Phi) is 2.56. The first-order valence-corrected chi connectivity index (χ1v) is 6.45. The fourth-order valence-corrected chi connectivity index (χ4v) is 3.32. The highest BCUT2D eigenvalue weighted by atomic mass is 35.5. The van der Waals surface area contributed by atoms with E-state index in [4.69, 9.17) is 17.3 Å². The largest absolute Gasteiger partial charge is 0.382 e. The van der Waals surface area contributed by atoms with E-state index in [2.05, 4.69) is 11.4 Å².